The first-order valence-corrected chi connectivity index (χ1v) is 5.25. The van der Waals surface area contributed by atoms with Crippen LogP contribution < -0.4 is 0 Å². The maximum absolute atomic E-state index is 12.2. The van der Waals surface area contributed by atoms with Gasteiger partial charge in [-0.05, 0) is 19.0 Å². The molecular formula is C12H16F3N. The van der Waals surface area contributed by atoms with Crippen LogP contribution in [0.1, 0.15) is 18.1 Å². The Morgan fingerprint density at radius 2 is 1.69 bits per heavy atom. The highest BCUT2D eigenvalue weighted by atomic mass is 19.4. The van der Waals surface area contributed by atoms with Gasteiger partial charge in [-0.25, -0.2) is 0 Å². The summed E-state index contributed by atoms with van der Waals surface area (Å²) >= 11 is 0. The highest BCUT2D eigenvalue weighted by molar-refractivity contribution is 5.21. The van der Waals surface area contributed by atoms with Crippen molar-refractivity contribution in [1.29, 1.82) is 0 Å². The number of benzene rings is 1. The molecule has 1 aromatic rings. The van der Waals surface area contributed by atoms with Crippen molar-refractivity contribution >= 4 is 0 Å². The zero-order valence-corrected chi connectivity index (χ0v) is 9.51. The van der Waals surface area contributed by atoms with Gasteiger partial charge in [0.2, 0.25) is 0 Å². The highest BCUT2D eigenvalue weighted by Crippen LogP contribution is 2.18. The molecule has 0 atom stereocenters. The summed E-state index contributed by atoms with van der Waals surface area (Å²) in [5.41, 5.74) is 2.03. The average Bonchev–Trinajstić information content (AvgIpc) is 2.18. The lowest BCUT2D eigenvalue weighted by Crippen LogP contribution is -2.33. The van der Waals surface area contributed by atoms with E-state index in [0.717, 1.165) is 11.1 Å². The third kappa shape index (κ3) is 4.66. The van der Waals surface area contributed by atoms with Crippen molar-refractivity contribution in [3.63, 3.8) is 0 Å². The molecule has 0 saturated carbocycles. The molecule has 4 heteroatoms. The summed E-state index contributed by atoms with van der Waals surface area (Å²) in [5.74, 6) is 0. The van der Waals surface area contributed by atoms with Gasteiger partial charge in [0.1, 0.15) is 0 Å². The van der Waals surface area contributed by atoms with Crippen molar-refractivity contribution in [2.75, 3.05) is 13.1 Å². The Balaban J connectivity index is 2.60. The minimum absolute atomic E-state index is 0.344. The van der Waals surface area contributed by atoms with E-state index in [9.17, 15) is 13.2 Å². The van der Waals surface area contributed by atoms with Crippen LogP contribution in [-0.4, -0.2) is 24.2 Å². The van der Waals surface area contributed by atoms with E-state index in [1.165, 1.54) is 4.90 Å². The van der Waals surface area contributed by atoms with E-state index in [1.54, 1.807) is 6.92 Å². The lowest BCUT2D eigenvalue weighted by Gasteiger charge is -2.21. The maximum Gasteiger partial charge on any atom is 0.401 e. The van der Waals surface area contributed by atoms with Crippen LogP contribution in [-0.2, 0) is 6.54 Å². The summed E-state index contributed by atoms with van der Waals surface area (Å²) in [7, 11) is 0. The topological polar surface area (TPSA) is 3.24 Å². The molecule has 0 aliphatic carbocycles. The fourth-order valence-corrected chi connectivity index (χ4v) is 1.48. The number of alkyl halides is 3. The van der Waals surface area contributed by atoms with Crippen LogP contribution in [0.3, 0.4) is 0 Å². The monoisotopic (exact) mass is 231 g/mol. The van der Waals surface area contributed by atoms with Gasteiger partial charge in [0.15, 0.2) is 0 Å². The molecule has 1 aromatic carbocycles. The molecule has 0 unspecified atom stereocenters. The molecule has 0 saturated heterocycles. The molecule has 1 rings (SSSR count). The van der Waals surface area contributed by atoms with E-state index in [0.29, 0.717) is 13.1 Å². The van der Waals surface area contributed by atoms with Gasteiger partial charge in [0.05, 0.1) is 6.54 Å². The van der Waals surface area contributed by atoms with Crippen molar-refractivity contribution in [2.24, 2.45) is 0 Å². The molecule has 0 bridgehead atoms. The highest BCUT2D eigenvalue weighted by Gasteiger charge is 2.29. The maximum atomic E-state index is 12.2. The van der Waals surface area contributed by atoms with E-state index < -0.39 is 12.7 Å². The third-order valence-corrected chi connectivity index (χ3v) is 2.38. The van der Waals surface area contributed by atoms with E-state index in [-0.39, 0.29) is 0 Å². The molecule has 0 fully saturated rings. The molecule has 0 heterocycles. The van der Waals surface area contributed by atoms with Crippen LogP contribution in [0.4, 0.5) is 13.2 Å². The summed E-state index contributed by atoms with van der Waals surface area (Å²) in [5, 5.41) is 0. The smallest absolute Gasteiger partial charge is 0.291 e. The van der Waals surface area contributed by atoms with Crippen molar-refractivity contribution in [1.82, 2.24) is 4.90 Å². The molecule has 1 nitrogen and oxygen atoms in total. The van der Waals surface area contributed by atoms with Crippen LogP contribution in [0.25, 0.3) is 0 Å². The number of rotatable bonds is 4. The number of hydrogen-bond donors (Lipinski definition) is 0. The first-order chi connectivity index (χ1) is 7.40. The summed E-state index contributed by atoms with van der Waals surface area (Å²) in [6.07, 6.45) is -4.12. The zero-order valence-electron chi connectivity index (χ0n) is 9.51. The molecule has 0 aliphatic heterocycles. The van der Waals surface area contributed by atoms with Gasteiger partial charge in [-0.15, -0.1) is 0 Å². The molecule has 0 radical (unpaired) electrons. The van der Waals surface area contributed by atoms with Gasteiger partial charge < -0.3 is 0 Å². The average molecular weight is 231 g/mol. The first-order valence-electron chi connectivity index (χ1n) is 5.25. The van der Waals surface area contributed by atoms with Crippen LogP contribution in [0.15, 0.2) is 24.3 Å². The summed E-state index contributed by atoms with van der Waals surface area (Å²) in [6, 6.07) is 7.57. The summed E-state index contributed by atoms with van der Waals surface area (Å²) in [6.45, 7) is 3.58. The Hall–Kier alpha value is -1.03. The van der Waals surface area contributed by atoms with E-state index in [2.05, 4.69) is 0 Å². The molecule has 0 N–H and O–H groups in total. The summed E-state index contributed by atoms with van der Waals surface area (Å²) < 4.78 is 36.7. The van der Waals surface area contributed by atoms with Gasteiger partial charge in [0, 0.05) is 6.54 Å². The number of hydrogen-bond acceptors (Lipinski definition) is 1. The Kier molecular flexibility index (Phi) is 4.35. The van der Waals surface area contributed by atoms with Gasteiger partial charge >= 0.3 is 6.18 Å². The lowest BCUT2D eigenvalue weighted by molar-refractivity contribution is -0.146. The minimum Gasteiger partial charge on any atom is -0.291 e. The second-order valence-electron chi connectivity index (χ2n) is 3.90. The van der Waals surface area contributed by atoms with Gasteiger partial charge in [-0.2, -0.15) is 13.2 Å². The van der Waals surface area contributed by atoms with Crippen molar-refractivity contribution < 1.29 is 13.2 Å². The number of aryl methyl sites for hydroxylation is 1. The number of halogens is 3. The van der Waals surface area contributed by atoms with Crippen LogP contribution >= 0.6 is 0 Å². The largest absolute Gasteiger partial charge is 0.401 e. The molecule has 0 aliphatic rings. The van der Waals surface area contributed by atoms with Crippen molar-refractivity contribution in [2.45, 2.75) is 26.6 Å². The van der Waals surface area contributed by atoms with Crippen molar-refractivity contribution in [3.8, 4) is 0 Å². The Morgan fingerprint density at radius 1 is 1.12 bits per heavy atom. The van der Waals surface area contributed by atoms with Crippen LogP contribution in [0, 0.1) is 6.92 Å². The van der Waals surface area contributed by atoms with Gasteiger partial charge in [-0.3, -0.25) is 4.90 Å². The van der Waals surface area contributed by atoms with E-state index in [4.69, 9.17) is 0 Å². The Morgan fingerprint density at radius 3 is 2.12 bits per heavy atom. The molecule has 90 valence electrons. The van der Waals surface area contributed by atoms with Crippen molar-refractivity contribution in [3.05, 3.63) is 35.4 Å². The fourth-order valence-electron chi connectivity index (χ4n) is 1.48. The lowest BCUT2D eigenvalue weighted by atomic mass is 10.1. The fraction of sp³-hybridized carbons (Fsp3) is 0.500. The SMILES string of the molecule is CCN(Cc1ccc(C)cc1)CC(F)(F)F. The minimum atomic E-state index is -4.12. The second kappa shape index (κ2) is 5.34. The quantitative estimate of drug-likeness (QED) is 0.767. The van der Waals surface area contributed by atoms with E-state index >= 15 is 0 Å². The van der Waals surface area contributed by atoms with Crippen LogP contribution in [0.5, 0.6) is 0 Å². The molecule has 0 amide bonds. The summed E-state index contributed by atoms with van der Waals surface area (Å²) in [4.78, 5) is 1.38. The zero-order chi connectivity index (χ0) is 12.2. The molecule has 0 spiro atoms. The van der Waals surface area contributed by atoms with Gasteiger partial charge in [-0.1, -0.05) is 36.8 Å². The van der Waals surface area contributed by atoms with Crippen LogP contribution in [0.2, 0.25) is 0 Å². The molecular weight excluding hydrogens is 215 g/mol. The predicted molar refractivity (Wildman–Crippen MR) is 58.2 cm³/mol. The predicted octanol–water partition coefficient (Wildman–Crippen LogP) is 3.38. The normalized spacial score (nSPS) is 12.1. The number of nitrogens with zero attached hydrogens (tertiary/aromatic N) is 1. The second-order valence-corrected chi connectivity index (χ2v) is 3.90. The third-order valence-electron chi connectivity index (χ3n) is 2.38. The van der Waals surface area contributed by atoms with E-state index in [1.807, 2.05) is 31.2 Å². The van der Waals surface area contributed by atoms with Gasteiger partial charge in [0.25, 0.3) is 0 Å². The Bertz CT molecular complexity index is 316. The Labute approximate surface area is 93.9 Å². The first kappa shape index (κ1) is 13.0. The molecule has 16 heavy (non-hydrogen) atoms. The standard InChI is InChI=1S/C12H16F3N/c1-3-16(9-12(13,14)15)8-11-6-4-10(2)5-7-11/h4-7H,3,8-9H2,1-2H3. The molecule has 0 aromatic heterocycles.